The number of rotatable bonds is 5. The first-order valence-electron chi connectivity index (χ1n) is 6.46. The van der Waals surface area contributed by atoms with Gasteiger partial charge in [0.25, 0.3) is 0 Å². The minimum absolute atomic E-state index is 0.00534. The molecule has 1 atom stereocenters. The molecule has 2 N–H and O–H groups in total. The van der Waals surface area contributed by atoms with Gasteiger partial charge in [0.2, 0.25) is 0 Å². The lowest BCUT2D eigenvalue weighted by Crippen LogP contribution is -2.14. The van der Waals surface area contributed by atoms with Crippen LogP contribution in [0.4, 0.5) is 0 Å². The highest BCUT2D eigenvalue weighted by atomic mass is 32.2. The Kier molecular flexibility index (Phi) is 4.30. The molecule has 108 valence electrons. The largest absolute Gasteiger partial charge is 0.492 e. The van der Waals surface area contributed by atoms with E-state index in [2.05, 4.69) is 0 Å². The molecule has 4 nitrogen and oxygen atoms in total. The second-order valence-electron chi connectivity index (χ2n) is 4.97. The Bertz CT molecular complexity index is 708. The van der Waals surface area contributed by atoms with Crippen molar-refractivity contribution in [3.63, 3.8) is 0 Å². The van der Waals surface area contributed by atoms with Crippen LogP contribution in [0, 0.1) is 0 Å². The molecule has 0 amide bonds. The second-order valence-corrected chi connectivity index (χ2v) is 7.23. The molecule has 0 saturated heterocycles. The standard InChI is InChI=1S/C15H19NO3S/c1-11(16)13-8-7-12-5-3-4-6-14(12)15(13)19-9-10-20(2,17)18/h3-8,11H,9-10,16H2,1-2H3/t11-/m0/s1. The van der Waals surface area contributed by atoms with Crippen LogP contribution in [0.2, 0.25) is 0 Å². The Morgan fingerprint density at radius 2 is 1.90 bits per heavy atom. The first-order chi connectivity index (χ1) is 9.38. The van der Waals surface area contributed by atoms with Crippen LogP contribution in [0.25, 0.3) is 10.8 Å². The van der Waals surface area contributed by atoms with Gasteiger partial charge < -0.3 is 10.5 Å². The van der Waals surface area contributed by atoms with Crippen LogP contribution in [0.3, 0.4) is 0 Å². The van der Waals surface area contributed by atoms with E-state index >= 15 is 0 Å². The molecule has 5 heteroatoms. The quantitative estimate of drug-likeness (QED) is 0.918. The van der Waals surface area contributed by atoms with Gasteiger partial charge in [0.1, 0.15) is 12.4 Å². The first kappa shape index (κ1) is 14.8. The highest BCUT2D eigenvalue weighted by Gasteiger charge is 2.13. The van der Waals surface area contributed by atoms with Crippen LogP contribution < -0.4 is 10.5 Å². The Balaban J connectivity index is 2.39. The zero-order chi connectivity index (χ0) is 14.8. The van der Waals surface area contributed by atoms with Crippen molar-refractivity contribution in [2.24, 2.45) is 5.73 Å². The topological polar surface area (TPSA) is 69.4 Å². The van der Waals surface area contributed by atoms with Crippen molar-refractivity contribution in [2.75, 3.05) is 18.6 Å². The summed E-state index contributed by atoms with van der Waals surface area (Å²) < 4.78 is 28.1. The Morgan fingerprint density at radius 1 is 1.20 bits per heavy atom. The molecule has 0 radical (unpaired) electrons. The van der Waals surface area contributed by atoms with Crippen LogP contribution in [0.1, 0.15) is 18.5 Å². The molecule has 0 bridgehead atoms. The summed E-state index contributed by atoms with van der Waals surface area (Å²) in [5, 5.41) is 2.00. The van der Waals surface area contributed by atoms with E-state index in [9.17, 15) is 8.42 Å². The summed E-state index contributed by atoms with van der Waals surface area (Å²) in [5.74, 6) is 0.677. The van der Waals surface area contributed by atoms with Gasteiger partial charge >= 0.3 is 0 Å². The summed E-state index contributed by atoms with van der Waals surface area (Å²) in [6.45, 7) is 2.01. The Labute approximate surface area is 119 Å². The number of fused-ring (bicyclic) bond motifs is 1. The average molecular weight is 293 g/mol. The summed E-state index contributed by atoms with van der Waals surface area (Å²) >= 11 is 0. The fraction of sp³-hybridized carbons (Fsp3) is 0.333. The third kappa shape index (κ3) is 3.49. The van der Waals surface area contributed by atoms with E-state index in [1.807, 2.05) is 43.3 Å². The molecule has 0 spiro atoms. The summed E-state index contributed by atoms with van der Waals surface area (Å²) in [5.41, 5.74) is 6.85. The Morgan fingerprint density at radius 3 is 2.55 bits per heavy atom. The lowest BCUT2D eigenvalue weighted by molar-refractivity contribution is 0.340. The molecule has 0 saturated carbocycles. The summed E-state index contributed by atoms with van der Waals surface area (Å²) in [6.07, 6.45) is 1.20. The highest BCUT2D eigenvalue weighted by molar-refractivity contribution is 7.90. The smallest absolute Gasteiger partial charge is 0.150 e. The van der Waals surface area contributed by atoms with E-state index in [0.29, 0.717) is 5.75 Å². The van der Waals surface area contributed by atoms with Gasteiger partial charge in [0, 0.05) is 23.2 Å². The first-order valence-corrected chi connectivity index (χ1v) is 8.52. The fourth-order valence-electron chi connectivity index (χ4n) is 2.07. The van der Waals surface area contributed by atoms with Gasteiger partial charge in [-0.25, -0.2) is 8.42 Å². The van der Waals surface area contributed by atoms with Crippen molar-refractivity contribution in [3.8, 4) is 5.75 Å². The van der Waals surface area contributed by atoms with Gasteiger partial charge in [-0.3, -0.25) is 0 Å². The second kappa shape index (κ2) is 5.81. The molecule has 2 aromatic carbocycles. The molecule has 0 aromatic heterocycles. The van der Waals surface area contributed by atoms with Gasteiger partial charge in [-0.1, -0.05) is 36.4 Å². The fourth-order valence-corrected chi connectivity index (χ4v) is 2.46. The van der Waals surface area contributed by atoms with Gasteiger partial charge in [0.05, 0.1) is 5.75 Å². The lowest BCUT2D eigenvalue weighted by Gasteiger charge is -2.16. The van der Waals surface area contributed by atoms with E-state index in [4.69, 9.17) is 10.5 Å². The third-order valence-electron chi connectivity index (χ3n) is 3.10. The average Bonchev–Trinajstić information content (AvgIpc) is 2.37. The summed E-state index contributed by atoms with van der Waals surface area (Å²) in [7, 11) is -3.04. The zero-order valence-corrected chi connectivity index (χ0v) is 12.5. The van der Waals surface area contributed by atoms with Crippen LogP contribution >= 0.6 is 0 Å². The number of hydrogen-bond acceptors (Lipinski definition) is 4. The van der Waals surface area contributed by atoms with Gasteiger partial charge in [0.15, 0.2) is 9.84 Å². The molecule has 2 rings (SSSR count). The maximum Gasteiger partial charge on any atom is 0.150 e. The number of sulfone groups is 1. The van der Waals surface area contributed by atoms with E-state index in [0.717, 1.165) is 16.3 Å². The number of ether oxygens (including phenoxy) is 1. The van der Waals surface area contributed by atoms with E-state index in [-0.39, 0.29) is 18.4 Å². The van der Waals surface area contributed by atoms with Crippen LogP contribution in [0.5, 0.6) is 5.75 Å². The molecule has 0 aliphatic heterocycles. The maximum absolute atomic E-state index is 11.2. The van der Waals surface area contributed by atoms with Crippen molar-refractivity contribution >= 4 is 20.6 Å². The molecule has 0 aliphatic rings. The molecular weight excluding hydrogens is 274 g/mol. The van der Waals surface area contributed by atoms with Crippen molar-refractivity contribution in [3.05, 3.63) is 42.0 Å². The summed E-state index contributed by atoms with van der Waals surface area (Å²) in [4.78, 5) is 0. The lowest BCUT2D eigenvalue weighted by atomic mass is 10.0. The van der Waals surface area contributed by atoms with E-state index < -0.39 is 9.84 Å². The van der Waals surface area contributed by atoms with Crippen molar-refractivity contribution in [2.45, 2.75) is 13.0 Å². The van der Waals surface area contributed by atoms with Crippen LogP contribution in [-0.4, -0.2) is 27.0 Å². The van der Waals surface area contributed by atoms with E-state index in [1.54, 1.807) is 0 Å². The van der Waals surface area contributed by atoms with Gasteiger partial charge in [-0.2, -0.15) is 0 Å². The number of benzene rings is 2. The van der Waals surface area contributed by atoms with Gasteiger partial charge in [-0.15, -0.1) is 0 Å². The third-order valence-corrected chi connectivity index (χ3v) is 4.01. The normalized spacial score (nSPS) is 13.3. The van der Waals surface area contributed by atoms with Crippen LogP contribution in [-0.2, 0) is 9.84 Å². The van der Waals surface area contributed by atoms with E-state index in [1.165, 1.54) is 6.26 Å². The van der Waals surface area contributed by atoms with Gasteiger partial charge in [-0.05, 0) is 12.3 Å². The number of nitrogens with two attached hydrogens (primary N) is 1. The number of hydrogen-bond donors (Lipinski definition) is 1. The minimum Gasteiger partial charge on any atom is -0.492 e. The molecule has 0 aliphatic carbocycles. The summed E-state index contributed by atoms with van der Waals surface area (Å²) in [6, 6.07) is 11.6. The molecular formula is C15H19NO3S. The highest BCUT2D eigenvalue weighted by Crippen LogP contribution is 2.32. The molecule has 2 aromatic rings. The molecule has 0 heterocycles. The van der Waals surface area contributed by atoms with Crippen molar-refractivity contribution in [1.29, 1.82) is 0 Å². The van der Waals surface area contributed by atoms with Crippen molar-refractivity contribution in [1.82, 2.24) is 0 Å². The van der Waals surface area contributed by atoms with Crippen molar-refractivity contribution < 1.29 is 13.2 Å². The zero-order valence-electron chi connectivity index (χ0n) is 11.7. The monoisotopic (exact) mass is 293 g/mol. The predicted octanol–water partition coefficient (Wildman–Crippen LogP) is 2.28. The Hall–Kier alpha value is -1.59. The molecule has 0 unspecified atom stereocenters. The predicted molar refractivity (Wildman–Crippen MR) is 81.8 cm³/mol. The molecule has 0 fully saturated rings. The maximum atomic E-state index is 11.2. The molecule has 20 heavy (non-hydrogen) atoms. The van der Waals surface area contributed by atoms with Crippen LogP contribution in [0.15, 0.2) is 36.4 Å². The SMILES string of the molecule is C[C@H](N)c1ccc2ccccc2c1OCCS(C)(=O)=O. The minimum atomic E-state index is -3.04.